The average molecular weight is 363 g/mol. The highest BCUT2D eigenvalue weighted by molar-refractivity contribution is 7.13. The fourth-order valence-corrected chi connectivity index (χ4v) is 3.58. The van der Waals surface area contributed by atoms with E-state index < -0.39 is 0 Å². The molecule has 0 spiro atoms. The van der Waals surface area contributed by atoms with Crippen molar-refractivity contribution in [1.29, 1.82) is 0 Å². The van der Waals surface area contributed by atoms with Gasteiger partial charge in [-0.1, -0.05) is 12.1 Å². The lowest BCUT2D eigenvalue weighted by Gasteiger charge is -2.33. The van der Waals surface area contributed by atoms with Gasteiger partial charge in [-0.05, 0) is 17.7 Å². The molecule has 1 N–H and O–H groups in total. The topological polar surface area (TPSA) is 73.7 Å². The van der Waals surface area contributed by atoms with Gasteiger partial charge in [-0.25, -0.2) is 9.37 Å². The molecule has 1 saturated heterocycles. The molecule has 25 heavy (non-hydrogen) atoms. The van der Waals surface area contributed by atoms with E-state index in [1.807, 2.05) is 0 Å². The summed E-state index contributed by atoms with van der Waals surface area (Å²) in [5, 5.41) is 9.69. The maximum absolute atomic E-state index is 12.9. The highest BCUT2D eigenvalue weighted by atomic mass is 32.1. The standard InChI is InChI=1S/C17H18FN3O3S/c18-13-3-1-12(2-4-13)9-15-19-10-14(25-15)17(24)21-6-5-20(7-8-22)16(23)11-21/h1-4,10,22H,5-9,11H2. The summed E-state index contributed by atoms with van der Waals surface area (Å²) in [6.07, 6.45) is 2.05. The van der Waals surface area contributed by atoms with E-state index >= 15 is 0 Å². The van der Waals surface area contributed by atoms with E-state index in [4.69, 9.17) is 5.11 Å². The summed E-state index contributed by atoms with van der Waals surface area (Å²) in [6, 6.07) is 6.17. The molecule has 3 rings (SSSR count). The molecule has 6 nitrogen and oxygen atoms in total. The molecule has 1 aliphatic heterocycles. The first-order valence-electron chi connectivity index (χ1n) is 7.94. The Hall–Kier alpha value is -2.32. The Morgan fingerprint density at radius 2 is 2.04 bits per heavy atom. The number of β-amino-alcohol motifs (C(OH)–C–C–N with tert-alkyl or cyclic N) is 1. The number of amides is 2. The normalized spacial score (nSPS) is 14.9. The fourth-order valence-electron chi connectivity index (χ4n) is 2.66. The molecule has 2 aromatic rings. The van der Waals surface area contributed by atoms with Gasteiger partial charge in [0.1, 0.15) is 17.2 Å². The van der Waals surface area contributed by atoms with Gasteiger partial charge < -0.3 is 14.9 Å². The van der Waals surface area contributed by atoms with Crippen LogP contribution in [-0.2, 0) is 11.2 Å². The first-order chi connectivity index (χ1) is 12.1. The van der Waals surface area contributed by atoms with E-state index in [0.717, 1.165) is 10.6 Å². The van der Waals surface area contributed by atoms with Gasteiger partial charge in [0.05, 0.1) is 17.8 Å². The van der Waals surface area contributed by atoms with Crippen molar-refractivity contribution >= 4 is 23.2 Å². The van der Waals surface area contributed by atoms with E-state index in [1.165, 1.54) is 34.6 Å². The number of carbonyl (C=O) groups is 2. The Bertz CT molecular complexity index is 763. The summed E-state index contributed by atoms with van der Waals surface area (Å²) in [6.45, 7) is 1.09. The van der Waals surface area contributed by atoms with Gasteiger partial charge in [0.25, 0.3) is 5.91 Å². The zero-order valence-corrected chi connectivity index (χ0v) is 14.3. The number of hydrogen-bond acceptors (Lipinski definition) is 5. The predicted molar refractivity (Wildman–Crippen MR) is 90.9 cm³/mol. The molecule has 1 aromatic carbocycles. The molecule has 0 aliphatic carbocycles. The van der Waals surface area contributed by atoms with Crippen molar-refractivity contribution in [2.24, 2.45) is 0 Å². The number of rotatable bonds is 5. The van der Waals surface area contributed by atoms with Crippen LogP contribution in [0.1, 0.15) is 20.2 Å². The Kier molecular flexibility index (Phi) is 5.40. The van der Waals surface area contributed by atoms with E-state index in [0.29, 0.717) is 30.9 Å². The predicted octanol–water partition coefficient (Wildman–Crippen LogP) is 1.15. The van der Waals surface area contributed by atoms with Crippen LogP contribution >= 0.6 is 11.3 Å². The van der Waals surface area contributed by atoms with Crippen LogP contribution in [0.2, 0.25) is 0 Å². The van der Waals surface area contributed by atoms with Gasteiger partial charge in [-0.2, -0.15) is 0 Å². The van der Waals surface area contributed by atoms with Crippen LogP contribution in [0, 0.1) is 5.82 Å². The second-order valence-corrected chi connectivity index (χ2v) is 6.87. The quantitative estimate of drug-likeness (QED) is 0.865. The number of halogens is 1. The summed E-state index contributed by atoms with van der Waals surface area (Å²) < 4.78 is 12.9. The van der Waals surface area contributed by atoms with Crippen LogP contribution in [-0.4, -0.2) is 64.5 Å². The zero-order chi connectivity index (χ0) is 17.8. The molecule has 2 amide bonds. The SMILES string of the molecule is O=C1CN(C(=O)c2cnc(Cc3ccc(F)cc3)s2)CCN1CCO. The maximum Gasteiger partial charge on any atom is 0.266 e. The summed E-state index contributed by atoms with van der Waals surface area (Å²) >= 11 is 1.28. The van der Waals surface area contributed by atoms with Gasteiger partial charge in [0.15, 0.2) is 0 Å². The molecule has 0 bridgehead atoms. The number of aliphatic hydroxyl groups excluding tert-OH is 1. The third kappa shape index (κ3) is 4.21. The second-order valence-electron chi connectivity index (χ2n) is 5.75. The number of piperazine rings is 1. The smallest absolute Gasteiger partial charge is 0.266 e. The fraction of sp³-hybridized carbons (Fsp3) is 0.353. The monoisotopic (exact) mass is 363 g/mol. The highest BCUT2D eigenvalue weighted by Gasteiger charge is 2.28. The Morgan fingerprint density at radius 3 is 2.72 bits per heavy atom. The van der Waals surface area contributed by atoms with Crippen molar-refractivity contribution in [3.63, 3.8) is 0 Å². The minimum absolute atomic E-state index is 0.0179. The van der Waals surface area contributed by atoms with Crippen molar-refractivity contribution in [3.05, 3.63) is 51.7 Å². The lowest BCUT2D eigenvalue weighted by Crippen LogP contribution is -2.52. The number of aliphatic hydroxyl groups is 1. The van der Waals surface area contributed by atoms with Crippen LogP contribution in [0.15, 0.2) is 30.5 Å². The number of thiazole rings is 1. The Morgan fingerprint density at radius 1 is 1.28 bits per heavy atom. The summed E-state index contributed by atoms with van der Waals surface area (Å²) in [5.41, 5.74) is 0.919. The number of hydrogen-bond donors (Lipinski definition) is 1. The van der Waals surface area contributed by atoms with Crippen molar-refractivity contribution in [2.75, 3.05) is 32.8 Å². The molecule has 2 heterocycles. The molecule has 1 aromatic heterocycles. The molecule has 8 heteroatoms. The van der Waals surface area contributed by atoms with E-state index in [9.17, 15) is 14.0 Å². The molecule has 1 fully saturated rings. The van der Waals surface area contributed by atoms with Crippen LogP contribution in [0.25, 0.3) is 0 Å². The molecule has 0 radical (unpaired) electrons. The van der Waals surface area contributed by atoms with Crippen molar-refractivity contribution < 1.29 is 19.1 Å². The van der Waals surface area contributed by atoms with Crippen LogP contribution in [0.5, 0.6) is 0 Å². The summed E-state index contributed by atoms with van der Waals surface area (Å²) in [4.78, 5) is 32.3. The molecule has 0 unspecified atom stereocenters. The third-order valence-corrected chi connectivity index (χ3v) is 4.99. The lowest BCUT2D eigenvalue weighted by atomic mass is 10.2. The van der Waals surface area contributed by atoms with Gasteiger partial charge in [-0.15, -0.1) is 11.3 Å². The number of aromatic nitrogens is 1. The van der Waals surface area contributed by atoms with Gasteiger partial charge >= 0.3 is 0 Å². The molecule has 1 aliphatic rings. The zero-order valence-electron chi connectivity index (χ0n) is 13.5. The first-order valence-corrected chi connectivity index (χ1v) is 8.75. The lowest BCUT2D eigenvalue weighted by molar-refractivity contribution is -0.135. The number of nitrogens with zero attached hydrogens (tertiary/aromatic N) is 3. The molecular formula is C17H18FN3O3S. The van der Waals surface area contributed by atoms with Crippen LogP contribution in [0.4, 0.5) is 4.39 Å². The minimum atomic E-state index is -0.288. The van der Waals surface area contributed by atoms with E-state index in [2.05, 4.69) is 4.98 Å². The average Bonchev–Trinajstić information content (AvgIpc) is 3.07. The van der Waals surface area contributed by atoms with Crippen molar-refractivity contribution in [3.8, 4) is 0 Å². The van der Waals surface area contributed by atoms with Crippen molar-refractivity contribution in [1.82, 2.24) is 14.8 Å². The van der Waals surface area contributed by atoms with Gasteiger partial charge in [0.2, 0.25) is 5.91 Å². The highest BCUT2D eigenvalue weighted by Crippen LogP contribution is 2.19. The largest absolute Gasteiger partial charge is 0.395 e. The Balaban J connectivity index is 1.63. The molecule has 0 atom stereocenters. The van der Waals surface area contributed by atoms with Gasteiger partial charge in [-0.3, -0.25) is 9.59 Å². The first kappa shape index (κ1) is 17.5. The Labute approximate surface area is 148 Å². The van der Waals surface area contributed by atoms with E-state index in [-0.39, 0.29) is 30.8 Å². The van der Waals surface area contributed by atoms with Crippen LogP contribution < -0.4 is 0 Å². The van der Waals surface area contributed by atoms with Crippen molar-refractivity contribution in [2.45, 2.75) is 6.42 Å². The number of carbonyl (C=O) groups excluding carboxylic acids is 2. The molecule has 0 saturated carbocycles. The second kappa shape index (κ2) is 7.71. The molecule has 132 valence electrons. The van der Waals surface area contributed by atoms with Gasteiger partial charge in [0, 0.05) is 26.1 Å². The number of benzene rings is 1. The third-order valence-electron chi connectivity index (χ3n) is 4.01. The maximum atomic E-state index is 12.9. The molecular weight excluding hydrogens is 345 g/mol. The summed E-state index contributed by atoms with van der Waals surface area (Å²) in [5.74, 6) is -0.659. The summed E-state index contributed by atoms with van der Waals surface area (Å²) in [7, 11) is 0. The minimum Gasteiger partial charge on any atom is -0.395 e. The van der Waals surface area contributed by atoms with Crippen LogP contribution in [0.3, 0.4) is 0 Å². The van der Waals surface area contributed by atoms with E-state index in [1.54, 1.807) is 17.0 Å².